The molecule has 0 amide bonds. The first-order valence-electron chi connectivity index (χ1n) is 11.6. The van der Waals surface area contributed by atoms with E-state index in [9.17, 15) is 19.8 Å². The molecule has 0 radical (unpaired) electrons. The summed E-state index contributed by atoms with van der Waals surface area (Å²) in [5, 5.41) is 19.2. The number of carbonyl (C=O) groups is 2. The van der Waals surface area contributed by atoms with Crippen LogP contribution in [0.1, 0.15) is 104 Å². The van der Waals surface area contributed by atoms with E-state index in [2.05, 4.69) is 6.92 Å². The van der Waals surface area contributed by atoms with E-state index in [1.54, 1.807) is 0 Å². The van der Waals surface area contributed by atoms with E-state index < -0.39 is 18.2 Å². The Morgan fingerprint density at radius 1 is 1.04 bits per heavy atom. The van der Waals surface area contributed by atoms with Gasteiger partial charge in [0.15, 0.2) is 6.29 Å². The highest BCUT2D eigenvalue weighted by Gasteiger charge is 2.33. The maximum atomic E-state index is 12.2. The number of carboxylic acids is 1. The molecule has 2 N–H and O–H groups in total. The minimum Gasteiger partial charge on any atom is -0.481 e. The maximum Gasteiger partial charge on any atom is 0.311 e. The number of rotatable bonds is 17. The van der Waals surface area contributed by atoms with Crippen molar-refractivity contribution in [3.05, 3.63) is 0 Å². The lowest BCUT2D eigenvalue weighted by atomic mass is 9.86. The van der Waals surface area contributed by atoms with Gasteiger partial charge in [-0.05, 0) is 38.0 Å². The van der Waals surface area contributed by atoms with E-state index in [0.717, 1.165) is 44.9 Å². The number of aliphatic hydroxyl groups is 1. The van der Waals surface area contributed by atoms with Crippen molar-refractivity contribution in [1.29, 1.82) is 0 Å². The summed E-state index contributed by atoms with van der Waals surface area (Å²) in [4.78, 5) is 23.6. The Labute approximate surface area is 171 Å². The quantitative estimate of drug-likeness (QED) is 0.255. The zero-order chi connectivity index (χ0) is 20.8. The average molecular weight is 399 g/mol. The van der Waals surface area contributed by atoms with Crippen LogP contribution in [0, 0.1) is 17.8 Å². The van der Waals surface area contributed by atoms with Gasteiger partial charge in [-0.1, -0.05) is 65.2 Å². The van der Waals surface area contributed by atoms with Crippen molar-refractivity contribution < 1.29 is 24.5 Å². The molecule has 5 heteroatoms. The highest BCUT2D eigenvalue weighted by Crippen LogP contribution is 2.36. The molecule has 0 aromatic carbocycles. The topological polar surface area (TPSA) is 83.8 Å². The summed E-state index contributed by atoms with van der Waals surface area (Å²) in [5.41, 5.74) is 0. The van der Waals surface area contributed by atoms with Gasteiger partial charge in [0.1, 0.15) is 11.7 Å². The van der Waals surface area contributed by atoms with Gasteiger partial charge in [-0.25, -0.2) is 0 Å². The van der Waals surface area contributed by atoms with Crippen molar-refractivity contribution in [2.75, 3.05) is 6.61 Å². The predicted octanol–water partition coefficient (Wildman–Crippen LogP) is 5.34. The summed E-state index contributed by atoms with van der Waals surface area (Å²) in [7, 11) is 0. The summed E-state index contributed by atoms with van der Waals surface area (Å²) in [6, 6.07) is 0. The van der Waals surface area contributed by atoms with Gasteiger partial charge in [0, 0.05) is 18.9 Å². The molecule has 0 spiro atoms. The summed E-state index contributed by atoms with van der Waals surface area (Å²) >= 11 is 0. The van der Waals surface area contributed by atoms with Gasteiger partial charge in [-0.15, -0.1) is 0 Å². The number of ketones is 1. The van der Waals surface area contributed by atoms with Crippen LogP contribution in [-0.2, 0) is 14.3 Å². The molecule has 0 bridgehead atoms. The smallest absolute Gasteiger partial charge is 0.311 e. The van der Waals surface area contributed by atoms with Gasteiger partial charge >= 0.3 is 5.97 Å². The molecule has 1 aliphatic carbocycles. The Hall–Kier alpha value is -0.940. The first kappa shape index (κ1) is 25.1. The summed E-state index contributed by atoms with van der Waals surface area (Å²) < 4.78 is 5.17. The fourth-order valence-electron chi connectivity index (χ4n) is 4.38. The molecule has 0 aliphatic heterocycles. The lowest BCUT2D eigenvalue weighted by Crippen LogP contribution is -2.30. The number of hydrogen-bond acceptors (Lipinski definition) is 4. The number of Topliss-reactive ketones (excluding diaryl/α,β-unsaturated/α-hetero) is 1. The number of aliphatic hydroxyl groups excluding tert-OH is 1. The molecule has 1 fully saturated rings. The average Bonchev–Trinajstić information content (AvgIpc) is 3.02. The van der Waals surface area contributed by atoms with Crippen LogP contribution in [0.15, 0.2) is 0 Å². The van der Waals surface area contributed by atoms with Gasteiger partial charge in [0.25, 0.3) is 0 Å². The van der Waals surface area contributed by atoms with E-state index in [-0.39, 0.29) is 5.92 Å². The van der Waals surface area contributed by atoms with Crippen molar-refractivity contribution in [2.24, 2.45) is 17.8 Å². The monoisotopic (exact) mass is 398 g/mol. The minimum atomic E-state index is -1.23. The van der Waals surface area contributed by atoms with Crippen LogP contribution >= 0.6 is 0 Å². The zero-order valence-corrected chi connectivity index (χ0v) is 18.0. The molecule has 164 valence electrons. The van der Waals surface area contributed by atoms with E-state index in [1.807, 2.05) is 6.92 Å². The Kier molecular flexibility index (Phi) is 13.4. The van der Waals surface area contributed by atoms with Crippen LogP contribution in [0.5, 0.6) is 0 Å². The highest BCUT2D eigenvalue weighted by molar-refractivity contribution is 5.83. The third-order valence-corrected chi connectivity index (χ3v) is 6.11. The Morgan fingerprint density at radius 2 is 1.71 bits per heavy atom. The van der Waals surface area contributed by atoms with Crippen molar-refractivity contribution >= 4 is 11.8 Å². The predicted molar refractivity (Wildman–Crippen MR) is 111 cm³/mol. The van der Waals surface area contributed by atoms with Crippen molar-refractivity contribution in [1.82, 2.24) is 0 Å². The SMILES string of the molecule is CCCCCCC[C@H]1CCC(=O)[C@@H]1CCCCCC(C(=O)O)C(O)OCCC. The Bertz CT molecular complexity index is 437. The van der Waals surface area contributed by atoms with E-state index >= 15 is 0 Å². The van der Waals surface area contributed by atoms with E-state index in [0.29, 0.717) is 24.7 Å². The number of hydrogen-bond donors (Lipinski definition) is 2. The molecular formula is C23H42O5. The molecule has 0 heterocycles. The van der Waals surface area contributed by atoms with Gasteiger partial charge in [-0.3, -0.25) is 9.59 Å². The van der Waals surface area contributed by atoms with Gasteiger partial charge in [0.2, 0.25) is 0 Å². The first-order chi connectivity index (χ1) is 13.5. The fourth-order valence-corrected chi connectivity index (χ4v) is 4.38. The number of unbranched alkanes of at least 4 members (excludes halogenated alkanes) is 6. The second-order valence-electron chi connectivity index (χ2n) is 8.42. The largest absolute Gasteiger partial charge is 0.481 e. The molecule has 1 aliphatic rings. The molecular weight excluding hydrogens is 356 g/mol. The molecule has 0 aromatic heterocycles. The van der Waals surface area contributed by atoms with Crippen LogP contribution < -0.4 is 0 Å². The lowest BCUT2D eigenvalue weighted by Gasteiger charge is -2.20. The van der Waals surface area contributed by atoms with Gasteiger partial charge in [0.05, 0.1) is 0 Å². The molecule has 1 rings (SSSR count). The second-order valence-corrected chi connectivity index (χ2v) is 8.42. The minimum absolute atomic E-state index is 0.222. The summed E-state index contributed by atoms with van der Waals surface area (Å²) in [6.07, 6.45) is 12.8. The van der Waals surface area contributed by atoms with Crippen LogP contribution in [-0.4, -0.2) is 34.9 Å². The number of ether oxygens (including phenoxy) is 1. The van der Waals surface area contributed by atoms with Crippen LogP contribution in [0.4, 0.5) is 0 Å². The summed E-state index contributed by atoms with van der Waals surface area (Å²) in [5.74, 6) is -0.649. The van der Waals surface area contributed by atoms with Crippen LogP contribution in [0.3, 0.4) is 0 Å². The maximum absolute atomic E-state index is 12.2. The molecule has 2 unspecified atom stereocenters. The van der Waals surface area contributed by atoms with Crippen LogP contribution in [0.2, 0.25) is 0 Å². The Balaban J connectivity index is 2.26. The molecule has 0 aromatic rings. The molecule has 0 saturated heterocycles. The number of carbonyl (C=O) groups excluding carboxylic acids is 1. The van der Waals surface area contributed by atoms with Crippen molar-refractivity contribution in [3.8, 4) is 0 Å². The Morgan fingerprint density at radius 3 is 2.39 bits per heavy atom. The van der Waals surface area contributed by atoms with Gasteiger partial charge < -0.3 is 14.9 Å². The zero-order valence-electron chi connectivity index (χ0n) is 18.0. The lowest BCUT2D eigenvalue weighted by molar-refractivity contribution is -0.171. The first-order valence-corrected chi connectivity index (χ1v) is 11.6. The van der Waals surface area contributed by atoms with Gasteiger partial charge in [-0.2, -0.15) is 0 Å². The van der Waals surface area contributed by atoms with E-state index in [1.165, 1.54) is 38.5 Å². The molecule has 4 atom stereocenters. The molecule has 5 nitrogen and oxygen atoms in total. The molecule has 28 heavy (non-hydrogen) atoms. The fraction of sp³-hybridized carbons (Fsp3) is 0.913. The van der Waals surface area contributed by atoms with E-state index in [4.69, 9.17) is 4.74 Å². The normalized spacial score (nSPS) is 21.8. The van der Waals surface area contributed by atoms with Crippen molar-refractivity contribution in [3.63, 3.8) is 0 Å². The molecule has 1 saturated carbocycles. The standard InChI is InChI=1S/C23H42O5/c1-3-5-6-7-9-12-18-15-16-21(24)19(18)13-10-8-11-14-20(22(25)26)23(27)28-17-4-2/h18-20,23,27H,3-17H2,1-2H3,(H,25,26)/t18-,19+,20?,23?/m0/s1. The second kappa shape index (κ2) is 15.0. The van der Waals surface area contributed by atoms with Crippen LogP contribution in [0.25, 0.3) is 0 Å². The third-order valence-electron chi connectivity index (χ3n) is 6.11. The summed E-state index contributed by atoms with van der Waals surface area (Å²) in [6.45, 7) is 4.52. The third kappa shape index (κ3) is 9.51. The number of carboxylic acid groups (broad SMARTS) is 1. The highest BCUT2D eigenvalue weighted by atomic mass is 16.6. The van der Waals surface area contributed by atoms with Crippen molar-refractivity contribution in [2.45, 2.75) is 110 Å². The number of aliphatic carboxylic acids is 1.